The number of hydrogen-bond acceptors (Lipinski definition) is 2. The molecule has 0 bridgehead atoms. The minimum Gasteiger partial charge on any atom is -0.305 e. The van der Waals surface area contributed by atoms with E-state index in [9.17, 15) is 13.2 Å². The quantitative estimate of drug-likeness (QED) is 0.813. The number of hydrogen-bond donors (Lipinski definition) is 1. The molecule has 1 fully saturated rings. The highest BCUT2D eigenvalue weighted by atomic mass is 19.4. The van der Waals surface area contributed by atoms with E-state index < -0.39 is 12.7 Å². The van der Waals surface area contributed by atoms with Crippen LogP contribution >= 0.6 is 0 Å². The second kappa shape index (κ2) is 4.43. The Labute approximate surface area is 102 Å². The van der Waals surface area contributed by atoms with Crippen LogP contribution in [0.4, 0.5) is 13.2 Å². The molecule has 0 aromatic heterocycles. The highest BCUT2D eigenvalue weighted by Crippen LogP contribution is 2.35. The minimum absolute atomic E-state index is 0.0157. The maximum Gasteiger partial charge on any atom is 0.401 e. The van der Waals surface area contributed by atoms with Crippen LogP contribution in [-0.4, -0.2) is 41.3 Å². The van der Waals surface area contributed by atoms with Crippen LogP contribution in [0.15, 0.2) is 0 Å². The maximum absolute atomic E-state index is 12.2. The molecule has 1 saturated heterocycles. The van der Waals surface area contributed by atoms with Gasteiger partial charge in [0, 0.05) is 23.7 Å². The van der Waals surface area contributed by atoms with Gasteiger partial charge in [-0.15, -0.1) is 0 Å². The average Bonchev–Trinajstić information content (AvgIpc) is 2.35. The summed E-state index contributed by atoms with van der Waals surface area (Å²) in [5.74, 6) is 0. The standard InChI is InChI=1S/C12H23F3N2/c1-10(2,3)17-7-9(6-11(17,4)5)16-8-12(13,14)15/h9,16H,6-8H2,1-5H3. The van der Waals surface area contributed by atoms with Crippen LogP contribution in [0.5, 0.6) is 0 Å². The molecule has 0 aromatic rings. The summed E-state index contributed by atoms with van der Waals surface area (Å²) in [6, 6.07) is -0.0779. The Morgan fingerprint density at radius 2 is 1.76 bits per heavy atom. The van der Waals surface area contributed by atoms with Crippen molar-refractivity contribution in [2.24, 2.45) is 0 Å². The third-order valence-electron chi connectivity index (χ3n) is 3.28. The van der Waals surface area contributed by atoms with Crippen LogP contribution < -0.4 is 5.32 Å². The van der Waals surface area contributed by atoms with Crippen molar-refractivity contribution in [3.05, 3.63) is 0 Å². The third kappa shape index (κ3) is 4.14. The molecule has 1 heterocycles. The first kappa shape index (κ1) is 14.8. The number of alkyl halides is 3. The molecule has 1 unspecified atom stereocenters. The molecule has 1 rings (SSSR count). The van der Waals surface area contributed by atoms with Crippen LogP contribution in [0.25, 0.3) is 0 Å². The van der Waals surface area contributed by atoms with Crippen LogP contribution in [0.3, 0.4) is 0 Å². The Bertz CT molecular complexity index is 266. The average molecular weight is 252 g/mol. The van der Waals surface area contributed by atoms with Gasteiger partial charge in [-0.2, -0.15) is 13.2 Å². The number of rotatable bonds is 2. The molecule has 0 saturated carbocycles. The molecule has 102 valence electrons. The monoisotopic (exact) mass is 252 g/mol. The van der Waals surface area contributed by atoms with E-state index in [1.165, 1.54) is 0 Å². The number of likely N-dealkylation sites (tertiary alicyclic amines) is 1. The van der Waals surface area contributed by atoms with Gasteiger partial charge in [-0.1, -0.05) is 0 Å². The normalized spacial score (nSPS) is 26.5. The maximum atomic E-state index is 12.2. The first-order valence-electron chi connectivity index (χ1n) is 6.00. The molecule has 1 N–H and O–H groups in total. The zero-order chi connectivity index (χ0) is 13.5. The van der Waals surface area contributed by atoms with Crippen LogP contribution in [0.1, 0.15) is 41.0 Å². The molecule has 0 aromatic carbocycles. The van der Waals surface area contributed by atoms with Crippen molar-refractivity contribution >= 4 is 0 Å². The predicted octanol–water partition coefficient (Wildman–Crippen LogP) is 2.79. The van der Waals surface area contributed by atoms with Gasteiger partial charge in [0.15, 0.2) is 0 Å². The zero-order valence-corrected chi connectivity index (χ0v) is 11.3. The van der Waals surface area contributed by atoms with Gasteiger partial charge in [0.25, 0.3) is 0 Å². The van der Waals surface area contributed by atoms with Gasteiger partial charge in [-0.25, -0.2) is 0 Å². The Balaban J connectivity index is 2.60. The van der Waals surface area contributed by atoms with Gasteiger partial charge >= 0.3 is 6.18 Å². The van der Waals surface area contributed by atoms with Crippen molar-refractivity contribution < 1.29 is 13.2 Å². The molecular weight excluding hydrogens is 229 g/mol. The lowest BCUT2D eigenvalue weighted by Gasteiger charge is -2.42. The Hall–Kier alpha value is -0.290. The van der Waals surface area contributed by atoms with Crippen LogP contribution in [0.2, 0.25) is 0 Å². The van der Waals surface area contributed by atoms with E-state index in [-0.39, 0.29) is 17.1 Å². The van der Waals surface area contributed by atoms with Crippen molar-refractivity contribution in [1.82, 2.24) is 10.2 Å². The lowest BCUT2D eigenvalue weighted by atomic mass is 9.95. The summed E-state index contributed by atoms with van der Waals surface area (Å²) in [5.41, 5.74) is -0.0698. The molecule has 0 amide bonds. The molecule has 0 aliphatic carbocycles. The second-order valence-corrected chi connectivity index (χ2v) is 6.49. The number of nitrogens with one attached hydrogen (secondary N) is 1. The third-order valence-corrected chi connectivity index (χ3v) is 3.28. The van der Waals surface area contributed by atoms with Gasteiger partial charge in [-0.05, 0) is 41.0 Å². The van der Waals surface area contributed by atoms with Gasteiger partial charge < -0.3 is 5.32 Å². The van der Waals surface area contributed by atoms with Gasteiger partial charge in [0.05, 0.1) is 6.54 Å². The Kier molecular flexibility index (Phi) is 3.85. The first-order valence-corrected chi connectivity index (χ1v) is 6.00. The molecule has 17 heavy (non-hydrogen) atoms. The Morgan fingerprint density at radius 1 is 1.24 bits per heavy atom. The van der Waals surface area contributed by atoms with Crippen molar-refractivity contribution in [2.75, 3.05) is 13.1 Å². The lowest BCUT2D eigenvalue weighted by molar-refractivity contribution is -0.126. The highest BCUT2D eigenvalue weighted by molar-refractivity contribution is 5.01. The summed E-state index contributed by atoms with van der Waals surface area (Å²) >= 11 is 0. The summed E-state index contributed by atoms with van der Waals surface area (Å²) in [7, 11) is 0. The highest BCUT2D eigenvalue weighted by Gasteiger charge is 2.44. The molecule has 1 aliphatic heterocycles. The van der Waals surface area contributed by atoms with E-state index in [0.717, 1.165) is 6.42 Å². The lowest BCUT2D eigenvalue weighted by Crippen LogP contribution is -2.50. The molecule has 1 atom stereocenters. The second-order valence-electron chi connectivity index (χ2n) is 6.49. The number of halogens is 3. The van der Waals surface area contributed by atoms with Crippen LogP contribution in [-0.2, 0) is 0 Å². The topological polar surface area (TPSA) is 15.3 Å². The number of nitrogens with zero attached hydrogens (tertiary/aromatic N) is 1. The van der Waals surface area contributed by atoms with E-state index >= 15 is 0 Å². The van der Waals surface area contributed by atoms with Crippen molar-refractivity contribution in [3.63, 3.8) is 0 Å². The van der Waals surface area contributed by atoms with E-state index in [0.29, 0.717) is 6.54 Å². The van der Waals surface area contributed by atoms with Crippen molar-refractivity contribution in [3.8, 4) is 0 Å². The minimum atomic E-state index is -4.13. The van der Waals surface area contributed by atoms with E-state index in [1.807, 2.05) is 0 Å². The smallest absolute Gasteiger partial charge is 0.305 e. The molecule has 0 radical (unpaired) electrons. The molecule has 2 nitrogen and oxygen atoms in total. The van der Waals surface area contributed by atoms with E-state index in [2.05, 4.69) is 44.8 Å². The summed E-state index contributed by atoms with van der Waals surface area (Å²) < 4.78 is 36.5. The fourth-order valence-corrected chi connectivity index (χ4v) is 2.82. The molecule has 5 heteroatoms. The summed E-state index contributed by atoms with van der Waals surface area (Å²) in [6.07, 6.45) is -3.38. The van der Waals surface area contributed by atoms with E-state index in [1.54, 1.807) is 0 Å². The largest absolute Gasteiger partial charge is 0.401 e. The predicted molar refractivity (Wildman–Crippen MR) is 63.0 cm³/mol. The fourth-order valence-electron chi connectivity index (χ4n) is 2.82. The van der Waals surface area contributed by atoms with Gasteiger partial charge in [0.2, 0.25) is 0 Å². The molecule has 0 spiro atoms. The SMILES string of the molecule is CC(C)(C)N1CC(NCC(F)(F)F)CC1(C)C. The molecular formula is C12H23F3N2. The fraction of sp³-hybridized carbons (Fsp3) is 1.00. The van der Waals surface area contributed by atoms with Gasteiger partial charge in [0.1, 0.15) is 0 Å². The van der Waals surface area contributed by atoms with E-state index in [4.69, 9.17) is 0 Å². The first-order chi connectivity index (χ1) is 7.42. The Morgan fingerprint density at radius 3 is 2.12 bits per heavy atom. The zero-order valence-electron chi connectivity index (χ0n) is 11.3. The molecule has 1 aliphatic rings. The summed E-state index contributed by atoms with van der Waals surface area (Å²) in [5, 5.41) is 2.61. The van der Waals surface area contributed by atoms with Crippen LogP contribution in [0, 0.1) is 0 Å². The van der Waals surface area contributed by atoms with Crippen molar-refractivity contribution in [1.29, 1.82) is 0 Å². The summed E-state index contributed by atoms with van der Waals surface area (Å²) in [4.78, 5) is 2.27. The van der Waals surface area contributed by atoms with Gasteiger partial charge in [-0.3, -0.25) is 4.90 Å². The van der Waals surface area contributed by atoms with Crippen molar-refractivity contribution in [2.45, 2.75) is 64.3 Å². The summed E-state index contributed by atoms with van der Waals surface area (Å²) in [6.45, 7) is 10.3.